The molecule has 11 heavy (non-hydrogen) atoms. The van der Waals surface area contributed by atoms with Gasteiger partial charge >= 0.3 is 0 Å². The number of alkyl halides is 1. The molecular formula is C8H9ClFN. The quantitative estimate of drug-likeness (QED) is 0.681. The van der Waals surface area contributed by atoms with Crippen LogP contribution in [0.3, 0.4) is 0 Å². The summed E-state index contributed by atoms with van der Waals surface area (Å²) >= 11 is 5.49. The van der Waals surface area contributed by atoms with Gasteiger partial charge in [0.25, 0.3) is 0 Å². The average molecular weight is 174 g/mol. The Bertz CT molecular complexity index is 239. The number of hydrogen-bond donors (Lipinski definition) is 1. The molecule has 1 aromatic carbocycles. The molecule has 2 N–H and O–H groups in total. The van der Waals surface area contributed by atoms with Gasteiger partial charge in [-0.3, -0.25) is 0 Å². The van der Waals surface area contributed by atoms with Gasteiger partial charge < -0.3 is 5.73 Å². The summed E-state index contributed by atoms with van der Waals surface area (Å²) in [5.41, 5.74) is 6.30. The van der Waals surface area contributed by atoms with E-state index in [1.54, 1.807) is 12.1 Å². The highest BCUT2D eigenvalue weighted by molar-refractivity contribution is 6.18. The highest BCUT2D eigenvalue weighted by Gasteiger charge is 2.03. The van der Waals surface area contributed by atoms with E-state index in [-0.39, 0.29) is 11.9 Å². The van der Waals surface area contributed by atoms with Crippen LogP contribution in [0.4, 0.5) is 4.39 Å². The summed E-state index contributed by atoms with van der Waals surface area (Å²) in [4.78, 5) is 0. The molecule has 0 aliphatic rings. The number of nitrogens with two attached hydrogens (primary N) is 1. The highest BCUT2D eigenvalue weighted by Crippen LogP contribution is 2.12. The molecule has 1 atom stereocenters. The fourth-order valence-corrected chi connectivity index (χ4v) is 1.00. The van der Waals surface area contributed by atoms with Crippen molar-refractivity contribution in [3.05, 3.63) is 35.6 Å². The molecule has 0 unspecified atom stereocenters. The SMILES string of the molecule is N[C@H](CCl)c1cccc(F)c1. The summed E-state index contributed by atoms with van der Waals surface area (Å²) in [5, 5.41) is 0. The largest absolute Gasteiger partial charge is 0.323 e. The van der Waals surface area contributed by atoms with Crippen LogP contribution in [-0.4, -0.2) is 5.88 Å². The Morgan fingerprint density at radius 2 is 2.27 bits per heavy atom. The third-order valence-corrected chi connectivity index (χ3v) is 1.78. The van der Waals surface area contributed by atoms with Crippen molar-refractivity contribution in [3.63, 3.8) is 0 Å². The van der Waals surface area contributed by atoms with E-state index in [1.165, 1.54) is 12.1 Å². The number of halogens is 2. The minimum atomic E-state index is -0.275. The topological polar surface area (TPSA) is 26.0 Å². The van der Waals surface area contributed by atoms with Crippen molar-refractivity contribution < 1.29 is 4.39 Å². The molecular weight excluding hydrogens is 165 g/mol. The fraction of sp³-hybridized carbons (Fsp3) is 0.250. The zero-order chi connectivity index (χ0) is 8.27. The normalized spacial score (nSPS) is 13.0. The lowest BCUT2D eigenvalue weighted by molar-refractivity contribution is 0.622. The lowest BCUT2D eigenvalue weighted by Crippen LogP contribution is -2.11. The molecule has 1 rings (SSSR count). The molecule has 1 nitrogen and oxygen atoms in total. The van der Waals surface area contributed by atoms with Gasteiger partial charge in [0.2, 0.25) is 0 Å². The van der Waals surface area contributed by atoms with E-state index >= 15 is 0 Å². The molecule has 0 heterocycles. The predicted molar refractivity (Wildman–Crippen MR) is 44.0 cm³/mol. The summed E-state index contributed by atoms with van der Waals surface area (Å²) in [6.45, 7) is 0. The Balaban J connectivity index is 2.86. The second kappa shape index (κ2) is 3.69. The molecule has 0 fully saturated rings. The van der Waals surface area contributed by atoms with E-state index in [2.05, 4.69) is 0 Å². The van der Waals surface area contributed by atoms with Gasteiger partial charge in [-0.15, -0.1) is 11.6 Å². The number of benzene rings is 1. The Hall–Kier alpha value is -0.600. The van der Waals surface area contributed by atoms with Gasteiger partial charge in [0.1, 0.15) is 5.82 Å². The monoisotopic (exact) mass is 173 g/mol. The first-order chi connectivity index (χ1) is 5.24. The average Bonchev–Trinajstić information content (AvgIpc) is 2.03. The van der Waals surface area contributed by atoms with Crippen LogP contribution in [0.25, 0.3) is 0 Å². The van der Waals surface area contributed by atoms with E-state index in [4.69, 9.17) is 17.3 Å². The maximum Gasteiger partial charge on any atom is 0.123 e. The standard InChI is InChI=1S/C8H9ClFN/c9-5-8(11)6-2-1-3-7(10)4-6/h1-4,8H,5,11H2/t8-/m1/s1. The summed E-state index contributed by atoms with van der Waals surface area (Å²) in [5.74, 6) is 0.0340. The zero-order valence-electron chi connectivity index (χ0n) is 5.93. The van der Waals surface area contributed by atoms with Gasteiger partial charge in [0, 0.05) is 11.9 Å². The van der Waals surface area contributed by atoms with Gasteiger partial charge in [-0.05, 0) is 17.7 Å². The van der Waals surface area contributed by atoms with Crippen molar-refractivity contribution in [2.75, 3.05) is 5.88 Å². The Morgan fingerprint density at radius 1 is 1.55 bits per heavy atom. The lowest BCUT2D eigenvalue weighted by atomic mass is 10.1. The number of rotatable bonds is 2. The smallest absolute Gasteiger partial charge is 0.123 e. The summed E-state index contributed by atoms with van der Waals surface area (Å²) < 4.78 is 12.6. The van der Waals surface area contributed by atoms with Crippen molar-refractivity contribution in [3.8, 4) is 0 Å². The molecule has 0 aromatic heterocycles. The van der Waals surface area contributed by atoms with E-state index < -0.39 is 0 Å². The minimum absolute atomic E-state index is 0.271. The van der Waals surface area contributed by atoms with Gasteiger partial charge in [-0.1, -0.05) is 12.1 Å². The van der Waals surface area contributed by atoms with Crippen molar-refractivity contribution in [2.24, 2.45) is 5.73 Å². The molecule has 3 heteroatoms. The Kier molecular flexibility index (Phi) is 2.85. The van der Waals surface area contributed by atoms with Crippen LogP contribution in [0, 0.1) is 5.82 Å². The maximum absolute atomic E-state index is 12.6. The second-order valence-corrected chi connectivity index (χ2v) is 2.62. The van der Waals surface area contributed by atoms with Gasteiger partial charge in [0.05, 0.1) is 0 Å². The van der Waals surface area contributed by atoms with Gasteiger partial charge in [-0.25, -0.2) is 4.39 Å². The van der Waals surface area contributed by atoms with Crippen LogP contribution < -0.4 is 5.73 Å². The van der Waals surface area contributed by atoms with E-state index in [0.717, 1.165) is 5.56 Å². The zero-order valence-corrected chi connectivity index (χ0v) is 6.68. The molecule has 0 aliphatic heterocycles. The Morgan fingerprint density at radius 3 is 2.82 bits per heavy atom. The minimum Gasteiger partial charge on any atom is -0.323 e. The second-order valence-electron chi connectivity index (χ2n) is 2.32. The first kappa shape index (κ1) is 8.50. The van der Waals surface area contributed by atoms with Crippen molar-refractivity contribution in [1.82, 2.24) is 0 Å². The van der Waals surface area contributed by atoms with Crippen LogP contribution in [0.15, 0.2) is 24.3 Å². The third kappa shape index (κ3) is 2.17. The third-order valence-electron chi connectivity index (χ3n) is 1.44. The lowest BCUT2D eigenvalue weighted by Gasteiger charge is -2.06. The highest BCUT2D eigenvalue weighted by atomic mass is 35.5. The summed E-state index contributed by atoms with van der Waals surface area (Å²) in [6, 6.07) is 5.89. The Labute approximate surface area is 70.0 Å². The van der Waals surface area contributed by atoms with Crippen LogP contribution in [0.2, 0.25) is 0 Å². The van der Waals surface area contributed by atoms with Crippen LogP contribution >= 0.6 is 11.6 Å². The van der Waals surface area contributed by atoms with Crippen LogP contribution in [0.5, 0.6) is 0 Å². The van der Waals surface area contributed by atoms with Crippen molar-refractivity contribution in [2.45, 2.75) is 6.04 Å². The van der Waals surface area contributed by atoms with Gasteiger partial charge in [0.15, 0.2) is 0 Å². The molecule has 60 valence electrons. The molecule has 0 bridgehead atoms. The molecule has 0 radical (unpaired) electrons. The molecule has 0 spiro atoms. The van der Waals surface area contributed by atoms with E-state index in [0.29, 0.717) is 5.88 Å². The maximum atomic E-state index is 12.6. The van der Waals surface area contributed by atoms with Crippen molar-refractivity contribution >= 4 is 11.6 Å². The van der Waals surface area contributed by atoms with E-state index in [1.807, 2.05) is 0 Å². The molecule has 0 saturated heterocycles. The summed E-state index contributed by atoms with van der Waals surface area (Å²) in [6.07, 6.45) is 0. The fourth-order valence-electron chi connectivity index (χ4n) is 0.826. The molecule has 0 saturated carbocycles. The van der Waals surface area contributed by atoms with E-state index in [9.17, 15) is 4.39 Å². The number of hydrogen-bond acceptors (Lipinski definition) is 1. The van der Waals surface area contributed by atoms with Crippen LogP contribution in [0.1, 0.15) is 11.6 Å². The van der Waals surface area contributed by atoms with Gasteiger partial charge in [-0.2, -0.15) is 0 Å². The summed E-state index contributed by atoms with van der Waals surface area (Å²) in [7, 11) is 0. The van der Waals surface area contributed by atoms with Crippen molar-refractivity contribution in [1.29, 1.82) is 0 Å². The first-order valence-electron chi connectivity index (χ1n) is 3.31. The van der Waals surface area contributed by atoms with Crippen LogP contribution in [-0.2, 0) is 0 Å². The molecule has 1 aromatic rings. The molecule has 0 amide bonds. The predicted octanol–water partition coefficient (Wildman–Crippen LogP) is 2.06. The molecule has 0 aliphatic carbocycles. The first-order valence-corrected chi connectivity index (χ1v) is 3.84.